The summed E-state index contributed by atoms with van der Waals surface area (Å²) in [5, 5.41) is 9.68. The molecule has 2 aromatic rings. The first-order valence-electron chi connectivity index (χ1n) is 14.8. The summed E-state index contributed by atoms with van der Waals surface area (Å²) in [4.78, 5) is 21.3. The highest BCUT2D eigenvalue weighted by Gasteiger charge is 2.36. The van der Waals surface area contributed by atoms with Gasteiger partial charge in [-0.3, -0.25) is 9.80 Å². The molecule has 3 heterocycles. The molecule has 0 bridgehead atoms. The van der Waals surface area contributed by atoms with Crippen molar-refractivity contribution in [3.05, 3.63) is 96.1 Å². The molecule has 1 N–H and O–H groups in total. The minimum Gasteiger partial charge on any atom is -0.488 e. The minimum atomic E-state index is -0.0386. The van der Waals surface area contributed by atoms with E-state index in [-0.39, 0.29) is 11.9 Å². The van der Waals surface area contributed by atoms with E-state index in [1.54, 1.807) is 6.21 Å². The number of piperazine rings is 1. The second-order valence-electron chi connectivity index (χ2n) is 10.6. The number of hydrogen-bond acceptors (Lipinski definition) is 7. The van der Waals surface area contributed by atoms with Crippen LogP contribution in [0.15, 0.2) is 89.5 Å². The number of nitrogens with zero attached hydrogens (tertiary/aromatic N) is 5. The molecule has 1 saturated heterocycles. The van der Waals surface area contributed by atoms with Crippen molar-refractivity contribution < 1.29 is 14.3 Å². The first kappa shape index (κ1) is 29.7. The van der Waals surface area contributed by atoms with Crippen LogP contribution in [0.3, 0.4) is 0 Å². The van der Waals surface area contributed by atoms with Crippen LogP contribution in [0, 0.1) is 13.8 Å². The van der Waals surface area contributed by atoms with E-state index < -0.39 is 0 Å². The Morgan fingerprint density at radius 2 is 2.07 bits per heavy atom. The van der Waals surface area contributed by atoms with E-state index in [2.05, 4.69) is 53.9 Å². The molecule has 1 atom stereocenters. The SMILES string of the molecule is C=CC(=O)N1CCN2c3ccc(C)c(C(=N/C=C/CC)Nc4ccc(OC5=CCN(/N=C\C)C=C5)c(C)c4)c3OCC2C1. The molecule has 3 aliphatic heterocycles. The van der Waals surface area contributed by atoms with Crippen molar-refractivity contribution >= 4 is 29.3 Å². The fourth-order valence-electron chi connectivity index (χ4n) is 5.44. The maximum absolute atomic E-state index is 12.3. The van der Waals surface area contributed by atoms with Crippen LogP contribution in [0.1, 0.15) is 37.0 Å². The van der Waals surface area contributed by atoms with Crippen LogP contribution < -0.4 is 19.7 Å². The highest BCUT2D eigenvalue weighted by atomic mass is 16.5. The van der Waals surface area contributed by atoms with Gasteiger partial charge in [-0.15, -0.1) is 0 Å². The normalized spacial score (nSPS) is 18.3. The highest BCUT2D eigenvalue weighted by Crippen LogP contribution is 2.40. The van der Waals surface area contributed by atoms with Crippen molar-refractivity contribution in [2.24, 2.45) is 10.1 Å². The summed E-state index contributed by atoms with van der Waals surface area (Å²) in [6, 6.07) is 10.3. The molecule has 0 aliphatic carbocycles. The van der Waals surface area contributed by atoms with E-state index in [9.17, 15) is 4.79 Å². The molecule has 0 aromatic heterocycles. The maximum Gasteiger partial charge on any atom is 0.246 e. The van der Waals surface area contributed by atoms with Crippen LogP contribution in [0.25, 0.3) is 0 Å². The van der Waals surface area contributed by atoms with Crippen molar-refractivity contribution in [2.75, 3.05) is 43.0 Å². The Kier molecular flexibility index (Phi) is 9.29. The van der Waals surface area contributed by atoms with E-state index in [1.165, 1.54) is 6.08 Å². The van der Waals surface area contributed by atoms with Gasteiger partial charge in [0.2, 0.25) is 5.91 Å². The van der Waals surface area contributed by atoms with Crippen LogP contribution in [0.5, 0.6) is 11.5 Å². The number of anilines is 2. The van der Waals surface area contributed by atoms with Crippen molar-refractivity contribution in [1.82, 2.24) is 9.91 Å². The molecule has 1 unspecified atom stereocenters. The fourth-order valence-corrected chi connectivity index (χ4v) is 5.44. The Morgan fingerprint density at radius 3 is 2.79 bits per heavy atom. The van der Waals surface area contributed by atoms with E-state index in [1.807, 2.05) is 66.5 Å². The van der Waals surface area contributed by atoms with E-state index in [4.69, 9.17) is 14.5 Å². The van der Waals surface area contributed by atoms with Crippen molar-refractivity contribution in [3.63, 3.8) is 0 Å². The average Bonchev–Trinajstić information content (AvgIpc) is 3.02. The van der Waals surface area contributed by atoms with Crippen molar-refractivity contribution in [2.45, 2.75) is 40.2 Å². The molecule has 0 radical (unpaired) electrons. The van der Waals surface area contributed by atoms with E-state index in [0.29, 0.717) is 32.1 Å². The molecule has 43 heavy (non-hydrogen) atoms. The Balaban J connectivity index is 1.40. The maximum atomic E-state index is 12.3. The minimum absolute atomic E-state index is 0.0386. The van der Waals surface area contributed by atoms with Gasteiger partial charge in [-0.25, -0.2) is 4.99 Å². The summed E-state index contributed by atoms with van der Waals surface area (Å²) >= 11 is 0. The number of hydrazone groups is 1. The number of fused-ring (bicyclic) bond motifs is 3. The number of carbonyl (C=O) groups excluding carboxylic acids is 1. The van der Waals surface area contributed by atoms with Gasteiger partial charge in [-0.1, -0.05) is 25.6 Å². The molecule has 0 saturated carbocycles. The lowest BCUT2D eigenvalue weighted by Crippen LogP contribution is -2.58. The lowest BCUT2D eigenvalue weighted by molar-refractivity contribution is -0.127. The third-order valence-electron chi connectivity index (χ3n) is 7.64. The third-order valence-corrected chi connectivity index (χ3v) is 7.64. The average molecular weight is 581 g/mol. The van der Waals surface area contributed by atoms with Gasteiger partial charge in [-0.2, -0.15) is 5.10 Å². The fraction of sp³-hybridized carbons (Fsp3) is 0.324. The summed E-state index contributed by atoms with van der Waals surface area (Å²) < 4.78 is 12.6. The predicted octanol–water partition coefficient (Wildman–Crippen LogP) is 5.78. The van der Waals surface area contributed by atoms with E-state index >= 15 is 0 Å². The Morgan fingerprint density at radius 1 is 1.21 bits per heavy atom. The summed E-state index contributed by atoms with van der Waals surface area (Å²) in [6.07, 6.45) is 13.7. The molecule has 5 rings (SSSR count). The number of aliphatic imine (C=N–C) groups is 1. The Labute approximate surface area is 254 Å². The molecule has 9 nitrogen and oxygen atoms in total. The van der Waals surface area contributed by atoms with Gasteiger partial charge >= 0.3 is 0 Å². The summed E-state index contributed by atoms with van der Waals surface area (Å²) in [7, 11) is 0. The van der Waals surface area contributed by atoms with Crippen molar-refractivity contribution in [1.29, 1.82) is 0 Å². The van der Waals surface area contributed by atoms with Gasteiger partial charge < -0.3 is 24.6 Å². The molecular weight excluding hydrogens is 540 g/mol. The molecule has 224 valence electrons. The van der Waals surface area contributed by atoms with Gasteiger partial charge in [0.1, 0.15) is 24.0 Å². The molecule has 1 fully saturated rings. The van der Waals surface area contributed by atoms with Gasteiger partial charge in [0.15, 0.2) is 5.75 Å². The number of ether oxygens (including phenoxy) is 2. The first-order valence-corrected chi connectivity index (χ1v) is 14.8. The number of hydrogen-bond donors (Lipinski definition) is 1. The van der Waals surface area contributed by atoms with Crippen LogP contribution in [0.2, 0.25) is 0 Å². The number of benzene rings is 2. The molecule has 2 aromatic carbocycles. The van der Waals surface area contributed by atoms with Crippen molar-refractivity contribution in [3.8, 4) is 11.5 Å². The quantitative estimate of drug-likeness (QED) is 0.242. The highest BCUT2D eigenvalue weighted by molar-refractivity contribution is 6.12. The zero-order valence-corrected chi connectivity index (χ0v) is 25.4. The smallest absolute Gasteiger partial charge is 0.246 e. The molecular formula is C34H40N6O3. The van der Waals surface area contributed by atoms with Crippen LogP contribution in [-0.4, -0.2) is 66.7 Å². The first-order chi connectivity index (χ1) is 20.9. The van der Waals surface area contributed by atoms with Crippen LogP contribution in [-0.2, 0) is 4.79 Å². The summed E-state index contributed by atoms with van der Waals surface area (Å²) in [5.41, 5.74) is 4.90. The Bertz CT molecular complexity index is 1520. The largest absolute Gasteiger partial charge is 0.488 e. The number of nitrogens with one attached hydrogen (secondary N) is 1. The lowest BCUT2D eigenvalue weighted by atomic mass is 10.00. The van der Waals surface area contributed by atoms with Gasteiger partial charge in [0, 0.05) is 43.9 Å². The van der Waals surface area contributed by atoms with Crippen LogP contribution >= 0.6 is 0 Å². The number of carbonyl (C=O) groups is 1. The monoisotopic (exact) mass is 580 g/mol. The number of allylic oxidation sites excluding steroid dienone is 2. The zero-order valence-electron chi connectivity index (χ0n) is 25.4. The van der Waals surface area contributed by atoms with Crippen LogP contribution in [0.4, 0.5) is 11.4 Å². The Hall–Kier alpha value is -4.79. The van der Waals surface area contributed by atoms with E-state index in [0.717, 1.165) is 58.3 Å². The molecule has 9 heteroatoms. The number of rotatable bonds is 8. The van der Waals surface area contributed by atoms with Gasteiger partial charge in [-0.05, 0) is 80.8 Å². The zero-order chi connectivity index (χ0) is 30.3. The van der Waals surface area contributed by atoms with Gasteiger partial charge in [0.05, 0.1) is 23.8 Å². The topological polar surface area (TPSA) is 82.0 Å². The molecule has 1 amide bonds. The summed E-state index contributed by atoms with van der Waals surface area (Å²) in [6.45, 7) is 14.9. The number of amidine groups is 1. The third kappa shape index (κ3) is 6.66. The van der Waals surface area contributed by atoms with Gasteiger partial charge in [0.25, 0.3) is 0 Å². The number of amides is 1. The lowest BCUT2D eigenvalue weighted by Gasteiger charge is -2.45. The standard InChI is InChI=1S/C34H40N6O3/c1-6-9-16-35-34(37-26-11-13-30(25(5)21-26)43-28-14-17-39(18-15-28)36-8-3)32-24(4)10-12-29-33(32)42-23-27-22-38(31(41)7-2)19-20-40(27)29/h7-17,21,27H,2,6,18-20,22-23H2,1,3-5H3,(H,35,37)/b16-9+,36-8-. The number of aryl methyl sites for hydroxylation is 2. The second kappa shape index (κ2) is 13.5. The molecule has 0 spiro atoms. The summed E-state index contributed by atoms with van der Waals surface area (Å²) in [5.74, 6) is 3.05. The molecule has 3 aliphatic rings. The second-order valence-corrected chi connectivity index (χ2v) is 10.6. The predicted molar refractivity (Wildman–Crippen MR) is 174 cm³/mol.